The lowest BCUT2D eigenvalue weighted by Crippen LogP contribution is -2.07. The van der Waals surface area contributed by atoms with E-state index in [9.17, 15) is 0 Å². The van der Waals surface area contributed by atoms with Gasteiger partial charge in [0, 0.05) is 10.9 Å². The Balaban J connectivity index is 1.90. The van der Waals surface area contributed by atoms with Gasteiger partial charge in [-0.2, -0.15) is 0 Å². The van der Waals surface area contributed by atoms with Gasteiger partial charge in [-0.15, -0.1) is 0 Å². The van der Waals surface area contributed by atoms with Crippen LogP contribution >= 0.6 is 0 Å². The highest BCUT2D eigenvalue weighted by molar-refractivity contribution is 5.82. The molecule has 0 amide bonds. The van der Waals surface area contributed by atoms with Crippen LogP contribution in [0.1, 0.15) is 11.3 Å². The first-order valence-electron chi connectivity index (χ1n) is 6.70. The molecule has 3 aromatic rings. The van der Waals surface area contributed by atoms with Gasteiger partial charge >= 0.3 is 0 Å². The molecule has 0 unspecified atom stereocenters. The van der Waals surface area contributed by atoms with Crippen LogP contribution in [0.4, 0.5) is 0 Å². The molecule has 0 atom stereocenters. The molecule has 0 radical (unpaired) electrons. The molecule has 3 rings (SSSR count). The smallest absolute Gasteiger partial charge is 0.134 e. The number of fused-ring (bicyclic) bond motifs is 1. The predicted molar refractivity (Wildman–Crippen MR) is 79.8 cm³/mol. The second-order valence-electron chi connectivity index (χ2n) is 4.63. The maximum atomic E-state index is 5.89. The molecular formula is C17H17NO2. The summed E-state index contributed by atoms with van der Waals surface area (Å²) in [4.78, 5) is 0. The fourth-order valence-corrected chi connectivity index (χ4v) is 2.28. The Morgan fingerprint density at radius 1 is 1.00 bits per heavy atom. The van der Waals surface area contributed by atoms with Crippen molar-refractivity contribution in [1.82, 2.24) is 5.32 Å². The maximum absolute atomic E-state index is 5.89. The molecule has 0 fully saturated rings. The highest BCUT2D eigenvalue weighted by atomic mass is 16.5. The predicted octanol–water partition coefficient (Wildman–Crippen LogP) is 3.73. The molecular weight excluding hydrogens is 250 g/mol. The van der Waals surface area contributed by atoms with E-state index in [0.29, 0.717) is 13.2 Å². The summed E-state index contributed by atoms with van der Waals surface area (Å²) in [5.74, 6) is 1.80. The maximum Gasteiger partial charge on any atom is 0.134 e. The van der Waals surface area contributed by atoms with Crippen molar-refractivity contribution in [1.29, 1.82) is 0 Å². The van der Waals surface area contributed by atoms with Crippen molar-refractivity contribution in [2.75, 3.05) is 7.05 Å². The number of para-hydroxylation sites is 2. The minimum absolute atomic E-state index is 0.512. The molecule has 0 spiro atoms. The van der Waals surface area contributed by atoms with E-state index in [-0.39, 0.29) is 0 Å². The Morgan fingerprint density at radius 2 is 1.75 bits per heavy atom. The number of rotatable bonds is 5. The SMILES string of the molecule is CNCc1oc2ccccc2c1COc1ccccc1. The van der Waals surface area contributed by atoms with E-state index in [2.05, 4.69) is 11.4 Å². The number of hydrogen-bond acceptors (Lipinski definition) is 3. The van der Waals surface area contributed by atoms with Crippen LogP contribution in [0.5, 0.6) is 5.75 Å². The largest absolute Gasteiger partial charge is 0.489 e. The Bertz CT molecular complexity index is 689. The molecule has 3 heteroatoms. The summed E-state index contributed by atoms with van der Waals surface area (Å²) in [5.41, 5.74) is 2.02. The number of furan rings is 1. The highest BCUT2D eigenvalue weighted by Crippen LogP contribution is 2.27. The van der Waals surface area contributed by atoms with Gasteiger partial charge < -0.3 is 14.5 Å². The molecule has 1 heterocycles. The van der Waals surface area contributed by atoms with Gasteiger partial charge in [-0.05, 0) is 25.2 Å². The zero-order chi connectivity index (χ0) is 13.8. The van der Waals surface area contributed by atoms with Gasteiger partial charge in [0.1, 0.15) is 23.7 Å². The summed E-state index contributed by atoms with van der Waals surface area (Å²) in [6.45, 7) is 1.21. The summed E-state index contributed by atoms with van der Waals surface area (Å²) in [5, 5.41) is 4.25. The Labute approximate surface area is 118 Å². The van der Waals surface area contributed by atoms with Crippen molar-refractivity contribution in [3.8, 4) is 5.75 Å². The molecule has 1 N–H and O–H groups in total. The van der Waals surface area contributed by atoms with Gasteiger partial charge in [-0.1, -0.05) is 36.4 Å². The normalized spacial score (nSPS) is 10.8. The lowest BCUT2D eigenvalue weighted by molar-refractivity contribution is 0.303. The molecule has 0 aliphatic rings. The van der Waals surface area contributed by atoms with Crippen molar-refractivity contribution in [3.63, 3.8) is 0 Å². The molecule has 0 aliphatic heterocycles. The Morgan fingerprint density at radius 3 is 2.55 bits per heavy atom. The molecule has 0 aliphatic carbocycles. The van der Waals surface area contributed by atoms with Gasteiger partial charge in [-0.3, -0.25) is 0 Å². The lowest BCUT2D eigenvalue weighted by Gasteiger charge is -2.06. The summed E-state index contributed by atoms with van der Waals surface area (Å²) < 4.78 is 11.7. The summed E-state index contributed by atoms with van der Waals surface area (Å²) in [6.07, 6.45) is 0. The van der Waals surface area contributed by atoms with E-state index < -0.39 is 0 Å². The minimum Gasteiger partial charge on any atom is -0.489 e. The van der Waals surface area contributed by atoms with Crippen molar-refractivity contribution in [3.05, 3.63) is 65.9 Å². The fourth-order valence-electron chi connectivity index (χ4n) is 2.28. The number of hydrogen-bond donors (Lipinski definition) is 1. The summed E-state index contributed by atoms with van der Waals surface area (Å²) >= 11 is 0. The quantitative estimate of drug-likeness (QED) is 0.765. The highest BCUT2D eigenvalue weighted by Gasteiger charge is 2.13. The molecule has 0 bridgehead atoms. The molecule has 2 aromatic carbocycles. The van der Waals surface area contributed by atoms with Crippen LogP contribution in [0.15, 0.2) is 59.0 Å². The van der Waals surface area contributed by atoms with E-state index in [1.807, 2.05) is 55.6 Å². The van der Waals surface area contributed by atoms with Crippen molar-refractivity contribution in [2.24, 2.45) is 0 Å². The third-order valence-electron chi connectivity index (χ3n) is 3.25. The van der Waals surface area contributed by atoms with E-state index in [0.717, 1.165) is 28.0 Å². The van der Waals surface area contributed by atoms with Gasteiger partial charge in [-0.25, -0.2) is 0 Å². The average molecular weight is 267 g/mol. The summed E-state index contributed by atoms with van der Waals surface area (Å²) in [7, 11) is 1.91. The second-order valence-corrected chi connectivity index (χ2v) is 4.63. The zero-order valence-corrected chi connectivity index (χ0v) is 11.4. The molecule has 1 aromatic heterocycles. The van der Waals surface area contributed by atoms with Crippen molar-refractivity contribution >= 4 is 11.0 Å². The van der Waals surface area contributed by atoms with Crippen LogP contribution in [0.2, 0.25) is 0 Å². The van der Waals surface area contributed by atoms with E-state index >= 15 is 0 Å². The standard InChI is InChI=1S/C17H17NO2/c1-18-11-17-15(12-19-13-7-3-2-4-8-13)14-9-5-6-10-16(14)20-17/h2-10,18H,11-12H2,1H3. The van der Waals surface area contributed by atoms with Gasteiger partial charge in [0.2, 0.25) is 0 Å². The van der Waals surface area contributed by atoms with E-state index in [4.69, 9.17) is 9.15 Å². The minimum atomic E-state index is 0.512. The monoisotopic (exact) mass is 267 g/mol. The molecule has 3 nitrogen and oxygen atoms in total. The van der Waals surface area contributed by atoms with Crippen LogP contribution in [-0.4, -0.2) is 7.05 Å². The molecule has 20 heavy (non-hydrogen) atoms. The van der Waals surface area contributed by atoms with Crippen LogP contribution in [0, 0.1) is 0 Å². The molecule has 0 saturated carbocycles. The van der Waals surface area contributed by atoms with Crippen molar-refractivity contribution < 1.29 is 9.15 Å². The Hall–Kier alpha value is -2.26. The van der Waals surface area contributed by atoms with E-state index in [1.54, 1.807) is 0 Å². The van der Waals surface area contributed by atoms with Gasteiger partial charge in [0.15, 0.2) is 0 Å². The number of benzene rings is 2. The number of nitrogens with one attached hydrogen (secondary N) is 1. The first-order chi connectivity index (χ1) is 9.88. The van der Waals surface area contributed by atoms with E-state index in [1.165, 1.54) is 0 Å². The van der Waals surface area contributed by atoms with Gasteiger partial charge in [0.25, 0.3) is 0 Å². The molecule has 102 valence electrons. The van der Waals surface area contributed by atoms with Crippen molar-refractivity contribution in [2.45, 2.75) is 13.2 Å². The zero-order valence-electron chi connectivity index (χ0n) is 11.4. The first-order valence-corrected chi connectivity index (χ1v) is 6.70. The second kappa shape index (κ2) is 5.80. The van der Waals surface area contributed by atoms with Crippen LogP contribution in [0.3, 0.4) is 0 Å². The van der Waals surface area contributed by atoms with Crippen LogP contribution < -0.4 is 10.1 Å². The number of ether oxygens (including phenoxy) is 1. The topological polar surface area (TPSA) is 34.4 Å². The Kier molecular flexibility index (Phi) is 3.70. The summed E-state index contributed by atoms with van der Waals surface area (Å²) in [6, 6.07) is 17.9. The fraction of sp³-hybridized carbons (Fsp3) is 0.176. The van der Waals surface area contributed by atoms with Crippen LogP contribution in [0.25, 0.3) is 11.0 Å². The average Bonchev–Trinajstić information content (AvgIpc) is 2.84. The molecule has 0 saturated heterocycles. The van der Waals surface area contributed by atoms with Gasteiger partial charge in [0.05, 0.1) is 6.54 Å². The van der Waals surface area contributed by atoms with Crippen LogP contribution in [-0.2, 0) is 13.2 Å². The first kappa shape index (κ1) is 12.8. The third kappa shape index (κ3) is 2.53. The lowest BCUT2D eigenvalue weighted by atomic mass is 10.1. The third-order valence-corrected chi connectivity index (χ3v) is 3.25.